The first kappa shape index (κ1) is 14.8. The summed E-state index contributed by atoms with van der Waals surface area (Å²) in [6.45, 7) is 0. The number of hydrogen-bond donors (Lipinski definition) is 1. The van der Waals surface area contributed by atoms with Crippen LogP contribution in [0.25, 0.3) is 6.08 Å². The summed E-state index contributed by atoms with van der Waals surface area (Å²) in [6.07, 6.45) is 1.10. The van der Waals surface area contributed by atoms with Crippen molar-refractivity contribution in [1.29, 1.82) is 0 Å². The molecule has 1 N–H and O–H groups in total. The molecule has 0 saturated carbocycles. The molecular weight excluding hydrogens is 298 g/mol. The van der Waals surface area contributed by atoms with E-state index in [0.29, 0.717) is 5.56 Å². The lowest BCUT2D eigenvalue weighted by molar-refractivity contribution is -0.440. The van der Waals surface area contributed by atoms with Crippen molar-refractivity contribution >= 4 is 17.6 Å². The van der Waals surface area contributed by atoms with Gasteiger partial charge in [0.25, 0.3) is 11.5 Å². The van der Waals surface area contributed by atoms with Crippen molar-refractivity contribution in [2.75, 3.05) is 0 Å². The van der Waals surface area contributed by atoms with Crippen LogP contribution in [-0.4, -0.2) is 21.6 Å². The van der Waals surface area contributed by atoms with Crippen LogP contribution in [0.4, 0.5) is 0 Å². The largest absolute Gasteiger partial charge is 0.368 e. The molecule has 1 aliphatic carbocycles. The molecule has 0 fully saturated rings. The van der Waals surface area contributed by atoms with Crippen molar-refractivity contribution in [3.8, 4) is 0 Å². The van der Waals surface area contributed by atoms with Gasteiger partial charge in [-0.1, -0.05) is 54.6 Å². The van der Waals surface area contributed by atoms with Crippen LogP contribution >= 0.6 is 0 Å². The van der Waals surface area contributed by atoms with Gasteiger partial charge in [0.1, 0.15) is 0 Å². The van der Waals surface area contributed by atoms with Crippen LogP contribution in [-0.2, 0) is 10.4 Å². The molecule has 6 heteroatoms. The third kappa shape index (κ3) is 2.16. The van der Waals surface area contributed by atoms with Gasteiger partial charge < -0.3 is 5.11 Å². The molecule has 0 amide bonds. The normalized spacial score (nSPS) is 20.5. The van der Waals surface area contributed by atoms with Crippen molar-refractivity contribution in [2.24, 2.45) is 0 Å². The summed E-state index contributed by atoms with van der Waals surface area (Å²) in [4.78, 5) is 34.9. The maximum absolute atomic E-state index is 12.3. The molecular formula is C17H11NO5. The highest BCUT2D eigenvalue weighted by Crippen LogP contribution is 2.40. The molecule has 1 unspecified atom stereocenters. The van der Waals surface area contributed by atoms with E-state index >= 15 is 0 Å². The fraction of sp³-hybridized carbons (Fsp3) is 0.0588. The van der Waals surface area contributed by atoms with E-state index in [1.54, 1.807) is 30.3 Å². The number of hydrogen-bond acceptors (Lipinski definition) is 5. The van der Waals surface area contributed by atoms with Gasteiger partial charge in [0, 0.05) is 17.2 Å². The van der Waals surface area contributed by atoms with Crippen LogP contribution in [0.2, 0.25) is 0 Å². The Morgan fingerprint density at radius 1 is 1.04 bits per heavy atom. The summed E-state index contributed by atoms with van der Waals surface area (Å²) in [5.41, 5.74) is -2.95. The molecule has 0 radical (unpaired) electrons. The Morgan fingerprint density at radius 2 is 1.65 bits per heavy atom. The van der Waals surface area contributed by atoms with Crippen molar-refractivity contribution in [1.82, 2.24) is 0 Å². The average Bonchev–Trinajstić information content (AvgIpc) is 2.76. The molecule has 2 aromatic carbocycles. The van der Waals surface area contributed by atoms with Crippen LogP contribution in [0.3, 0.4) is 0 Å². The average molecular weight is 309 g/mol. The first-order chi connectivity index (χ1) is 11.0. The fourth-order valence-corrected chi connectivity index (χ4v) is 2.66. The number of ketones is 2. The van der Waals surface area contributed by atoms with Crippen molar-refractivity contribution in [3.05, 3.63) is 87.1 Å². The second kappa shape index (κ2) is 5.26. The van der Waals surface area contributed by atoms with E-state index in [-0.39, 0.29) is 11.1 Å². The SMILES string of the molecule is O=C1C(=O)C(O)(/C(=C/c2ccccc2)[N+](=O)[O-])c2ccccc21. The number of carbonyl (C=O) groups is 2. The second-order valence-electron chi connectivity index (χ2n) is 5.11. The van der Waals surface area contributed by atoms with Gasteiger partial charge in [-0.25, -0.2) is 0 Å². The first-order valence-corrected chi connectivity index (χ1v) is 6.79. The topological polar surface area (TPSA) is 97.5 Å². The van der Waals surface area contributed by atoms with Crippen LogP contribution in [0.5, 0.6) is 0 Å². The van der Waals surface area contributed by atoms with Gasteiger partial charge in [-0.3, -0.25) is 19.7 Å². The Hall–Kier alpha value is -3.12. The predicted molar refractivity (Wildman–Crippen MR) is 81.1 cm³/mol. The molecule has 0 heterocycles. The molecule has 0 bridgehead atoms. The molecule has 1 atom stereocenters. The Labute approximate surface area is 130 Å². The second-order valence-corrected chi connectivity index (χ2v) is 5.11. The van der Waals surface area contributed by atoms with Crippen LogP contribution in [0.15, 0.2) is 60.3 Å². The van der Waals surface area contributed by atoms with Gasteiger partial charge in [-0.05, 0) is 5.56 Å². The minimum atomic E-state index is -2.58. The van der Waals surface area contributed by atoms with Crippen molar-refractivity contribution < 1.29 is 19.6 Å². The predicted octanol–water partition coefficient (Wildman–Crippen LogP) is 1.96. The van der Waals surface area contributed by atoms with Gasteiger partial charge in [0.05, 0.1) is 4.92 Å². The lowest BCUT2D eigenvalue weighted by Gasteiger charge is -2.18. The van der Waals surface area contributed by atoms with Crippen LogP contribution in [0, 0.1) is 10.1 Å². The van der Waals surface area contributed by atoms with Gasteiger partial charge in [0.15, 0.2) is 0 Å². The van der Waals surface area contributed by atoms with E-state index in [9.17, 15) is 24.8 Å². The molecule has 0 aliphatic heterocycles. The highest BCUT2D eigenvalue weighted by Gasteiger charge is 2.58. The number of benzene rings is 2. The maximum Gasteiger partial charge on any atom is 0.291 e. The highest BCUT2D eigenvalue weighted by molar-refractivity contribution is 6.50. The number of nitrogens with zero attached hydrogens (tertiary/aromatic N) is 1. The summed E-state index contributed by atoms with van der Waals surface area (Å²) in [7, 11) is 0. The van der Waals surface area contributed by atoms with E-state index < -0.39 is 27.8 Å². The summed E-state index contributed by atoms with van der Waals surface area (Å²) in [5, 5.41) is 22.3. The lowest BCUT2D eigenvalue weighted by atomic mass is 9.90. The monoisotopic (exact) mass is 309 g/mol. The zero-order valence-corrected chi connectivity index (χ0v) is 11.8. The van der Waals surface area contributed by atoms with Crippen molar-refractivity contribution in [2.45, 2.75) is 5.60 Å². The zero-order chi connectivity index (χ0) is 16.6. The molecule has 23 heavy (non-hydrogen) atoms. The summed E-state index contributed by atoms with van der Waals surface area (Å²) < 4.78 is 0. The van der Waals surface area contributed by atoms with E-state index in [4.69, 9.17) is 0 Å². The van der Waals surface area contributed by atoms with E-state index in [2.05, 4.69) is 0 Å². The van der Waals surface area contributed by atoms with Crippen LogP contribution in [0.1, 0.15) is 21.5 Å². The summed E-state index contributed by atoms with van der Waals surface area (Å²) >= 11 is 0. The standard InChI is InChI=1S/C17H11NO5/c19-15-12-8-4-5-9-13(12)17(21,16(15)20)14(18(22)23)10-11-6-2-1-3-7-11/h1-10,21H/b14-10-. The fourth-order valence-electron chi connectivity index (χ4n) is 2.66. The van der Waals surface area contributed by atoms with Gasteiger partial charge >= 0.3 is 0 Å². The minimum absolute atomic E-state index is 0.0131. The molecule has 114 valence electrons. The van der Waals surface area contributed by atoms with Gasteiger partial charge in [-0.2, -0.15) is 0 Å². The van der Waals surface area contributed by atoms with E-state index in [0.717, 1.165) is 6.08 Å². The first-order valence-electron chi connectivity index (χ1n) is 6.79. The van der Waals surface area contributed by atoms with E-state index in [1.165, 1.54) is 24.3 Å². The molecule has 6 nitrogen and oxygen atoms in total. The lowest BCUT2D eigenvalue weighted by Crippen LogP contribution is -2.38. The smallest absolute Gasteiger partial charge is 0.291 e. The van der Waals surface area contributed by atoms with Crippen LogP contribution < -0.4 is 0 Å². The third-order valence-electron chi connectivity index (χ3n) is 3.77. The number of rotatable bonds is 3. The summed E-state index contributed by atoms with van der Waals surface area (Å²) in [5.74, 6) is -2.14. The minimum Gasteiger partial charge on any atom is -0.368 e. The van der Waals surface area contributed by atoms with Gasteiger partial charge in [0.2, 0.25) is 11.4 Å². The molecule has 0 spiro atoms. The third-order valence-corrected chi connectivity index (χ3v) is 3.77. The molecule has 3 rings (SSSR count). The Bertz CT molecular complexity index is 856. The maximum atomic E-state index is 12.3. The quantitative estimate of drug-likeness (QED) is 0.531. The molecule has 2 aromatic rings. The summed E-state index contributed by atoms with van der Waals surface area (Å²) in [6, 6.07) is 14.0. The Kier molecular flexibility index (Phi) is 3.38. The number of Topliss-reactive ketones (excluding diaryl/α,β-unsaturated/α-hetero) is 2. The van der Waals surface area contributed by atoms with Crippen molar-refractivity contribution in [3.63, 3.8) is 0 Å². The number of fused-ring (bicyclic) bond motifs is 1. The number of aliphatic hydroxyl groups is 1. The Balaban J connectivity index is 2.25. The Morgan fingerprint density at radius 3 is 2.30 bits per heavy atom. The molecule has 0 aromatic heterocycles. The zero-order valence-electron chi connectivity index (χ0n) is 11.8. The van der Waals surface area contributed by atoms with Gasteiger partial charge in [-0.15, -0.1) is 0 Å². The van der Waals surface area contributed by atoms with E-state index in [1.807, 2.05) is 0 Å². The number of nitro groups is 1. The number of carbonyl (C=O) groups excluding carboxylic acids is 2. The molecule has 1 aliphatic rings. The molecule has 0 saturated heterocycles. The highest BCUT2D eigenvalue weighted by atomic mass is 16.6.